The van der Waals surface area contributed by atoms with Crippen molar-refractivity contribution < 1.29 is 0 Å². The van der Waals surface area contributed by atoms with E-state index in [1.807, 2.05) is 0 Å². The molecule has 0 aromatic rings. The van der Waals surface area contributed by atoms with E-state index in [4.69, 9.17) is 0 Å². The third-order valence-corrected chi connectivity index (χ3v) is 4.60. The Morgan fingerprint density at radius 3 is 2.29 bits per heavy atom. The van der Waals surface area contributed by atoms with Gasteiger partial charge in [0.05, 0.1) is 0 Å². The maximum absolute atomic E-state index is 3.99. The van der Waals surface area contributed by atoms with E-state index in [9.17, 15) is 0 Å². The Morgan fingerprint density at radius 1 is 0.824 bits per heavy atom. The molecule has 0 unspecified atom stereocenters. The molecule has 0 spiro atoms. The number of hydrogen-bond acceptors (Lipinski definition) is 1. The van der Waals surface area contributed by atoms with Gasteiger partial charge in [-0.3, -0.25) is 0 Å². The van der Waals surface area contributed by atoms with Crippen LogP contribution >= 0.6 is 0 Å². The second-order valence-electron chi connectivity index (χ2n) is 6.67. The summed E-state index contributed by atoms with van der Waals surface area (Å²) in [5.74, 6) is 0. The minimum absolute atomic E-state index is 0.243. The first-order valence-corrected chi connectivity index (χ1v) is 7.59. The average Bonchev–Trinajstić information content (AvgIpc) is 2.25. The van der Waals surface area contributed by atoms with Crippen LogP contribution in [0.15, 0.2) is 12.2 Å². The molecule has 0 aromatic carbocycles. The van der Waals surface area contributed by atoms with E-state index in [1.165, 1.54) is 64.2 Å². The number of fused-ring (bicyclic) bond motifs is 2. The SMILES string of the molecule is C[C@]12CCC/C=C\[C@](C)(CCCCCCC1)N2. The Labute approximate surface area is 107 Å². The van der Waals surface area contributed by atoms with E-state index in [0.29, 0.717) is 5.54 Å². The predicted molar refractivity (Wildman–Crippen MR) is 75.3 cm³/mol. The standard InChI is InChI=1S/C16H29N/c1-15-11-7-4-3-5-8-12-16(2,17-15)14-10-6-9-13-15/h9,13,17H,3-8,10-12,14H2,1-2H3/b13-9-/t15-,16+/m0/s1. The molecule has 2 heterocycles. The molecule has 0 radical (unpaired) electrons. The van der Waals surface area contributed by atoms with Crippen molar-refractivity contribution in [2.45, 2.75) is 89.1 Å². The topological polar surface area (TPSA) is 12.0 Å². The summed E-state index contributed by atoms with van der Waals surface area (Å²) in [7, 11) is 0. The fourth-order valence-electron chi connectivity index (χ4n) is 3.62. The highest BCUT2D eigenvalue weighted by Gasteiger charge is 2.33. The van der Waals surface area contributed by atoms with E-state index >= 15 is 0 Å². The largest absolute Gasteiger partial charge is 0.303 e. The van der Waals surface area contributed by atoms with Gasteiger partial charge in [0.2, 0.25) is 0 Å². The van der Waals surface area contributed by atoms with Crippen molar-refractivity contribution in [2.24, 2.45) is 0 Å². The van der Waals surface area contributed by atoms with Gasteiger partial charge in [0, 0.05) is 11.1 Å². The molecular weight excluding hydrogens is 206 g/mol. The normalized spacial score (nSPS) is 42.2. The maximum atomic E-state index is 3.99. The third kappa shape index (κ3) is 3.84. The fraction of sp³-hybridized carbons (Fsp3) is 0.875. The summed E-state index contributed by atoms with van der Waals surface area (Å²) in [6, 6.07) is 0. The Kier molecular flexibility index (Phi) is 4.30. The van der Waals surface area contributed by atoms with Gasteiger partial charge in [0.1, 0.15) is 0 Å². The van der Waals surface area contributed by atoms with Crippen molar-refractivity contribution in [2.75, 3.05) is 0 Å². The van der Waals surface area contributed by atoms with Gasteiger partial charge in [0.25, 0.3) is 0 Å². The lowest BCUT2D eigenvalue weighted by molar-refractivity contribution is 0.208. The maximum Gasteiger partial charge on any atom is 0.0340 e. The van der Waals surface area contributed by atoms with Crippen LogP contribution in [0.2, 0.25) is 0 Å². The van der Waals surface area contributed by atoms with Crippen molar-refractivity contribution in [3.8, 4) is 0 Å². The summed E-state index contributed by atoms with van der Waals surface area (Å²) in [5, 5.41) is 3.99. The molecule has 0 aliphatic carbocycles. The zero-order valence-electron chi connectivity index (χ0n) is 11.7. The highest BCUT2D eigenvalue weighted by atomic mass is 15.0. The minimum Gasteiger partial charge on any atom is -0.303 e. The zero-order chi connectivity index (χ0) is 12.2. The highest BCUT2D eigenvalue weighted by Crippen LogP contribution is 2.31. The molecule has 2 aliphatic rings. The third-order valence-electron chi connectivity index (χ3n) is 4.60. The van der Waals surface area contributed by atoms with Gasteiger partial charge in [0.15, 0.2) is 0 Å². The molecule has 2 bridgehead atoms. The summed E-state index contributed by atoms with van der Waals surface area (Å²) >= 11 is 0. The summed E-state index contributed by atoms with van der Waals surface area (Å²) < 4.78 is 0. The molecule has 0 amide bonds. The van der Waals surface area contributed by atoms with Crippen LogP contribution in [0.25, 0.3) is 0 Å². The Hall–Kier alpha value is -0.300. The van der Waals surface area contributed by atoms with Gasteiger partial charge >= 0.3 is 0 Å². The van der Waals surface area contributed by atoms with E-state index in [-0.39, 0.29) is 5.54 Å². The molecule has 0 aromatic heterocycles. The Balaban J connectivity index is 2.15. The van der Waals surface area contributed by atoms with Crippen LogP contribution in [0, 0.1) is 0 Å². The number of rotatable bonds is 0. The zero-order valence-corrected chi connectivity index (χ0v) is 11.7. The molecule has 0 saturated carbocycles. The van der Waals surface area contributed by atoms with Gasteiger partial charge < -0.3 is 5.32 Å². The van der Waals surface area contributed by atoms with E-state index < -0.39 is 0 Å². The summed E-state index contributed by atoms with van der Waals surface area (Å²) in [5.41, 5.74) is 0.614. The molecule has 98 valence electrons. The van der Waals surface area contributed by atoms with Crippen LogP contribution < -0.4 is 5.32 Å². The van der Waals surface area contributed by atoms with Gasteiger partial charge in [-0.15, -0.1) is 0 Å². The van der Waals surface area contributed by atoms with Gasteiger partial charge in [-0.05, 0) is 46.0 Å². The fourth-order valence-corrected chi connectivity index (χ4v) is 3.62. The van der Waals surface area contributed by atoms with Crippen LogP contribution in [-0.2, 0) is 0 Å². The van der Waals surface area contributed by atoms with Gasteiger partial charge in [-0.25, -0.2) is 0 Å². The van der Waals surface area contributed by atoms with Crippen LogP contribution in [0.3, 0.4) is 0 Å². The average molecular weight is 235 g/mol. The molecule has 1 saturated heterocycles. The predicted octanol–water partition coefficient (Wildman–Crippen LogP) is 4.58. The number of nitrogens with one attached hydrogen (secondary N) is 1. The number of hydrogen-bond donors (Lipinski definition) is 1. The van der Waals surface area contributed by atoms with Crippen LogP contribution in [0.1, 0.15) is 78.1 Å². The summed E-state index contributed by atoms with van der Waals surface area (Å²) in [4.78, 5) is 0. The van der Waals surface area contributed by atoms with Crippen LogP contribution in [-0.4, -0.2) is 11.1 Å². The molecule has 2 aliphatic heterocycles. The number of allylic oxidation sites excluding steroid dienone is 1. The smallest absolute Gasteiger partial charge is 0.0340 e. The molecule has 1 N–H and O–H groups in total. The first-order valence-electron chi connectivity index (χ1n) is 7.59. The van der Waals surface area contributed by atoms with E-state index in [0.717, 1.165) is 0 Å². The highest BCUT2D eigenvalue weighted by molar-refractivity contribution is 5.09. The van der Waals surface area contributed by atoms with Gasteiger partial charge in [-0.1, -0.05) is 44.3 Å². The molecule has 1 fully saturated rings. The first kappa shape index (κ1) is 13.1. The van der Waals surface area contributed by atoms with E-state index in [2.05, 4.69) is 31.3 Å². The minimum atomic E-state index is 0.243. The summed E-state index contributed by atoms with van der Waals surface area (Å²) in [6.45, 7) is 4.85. The molecule has 2 rings (SSSR count). The Morgan fingerprint density at radius 2 is 1.47 bits per heavy atom. The molecule has 1 nitrogen and oxygen atoms in total. The Bertz CT molecular complexity index is 271. The van der Waals surface area contributed by atoms with Gasteiger partial charge in [-0.2, -0.15) is 0 Å². The van der Waals surface area contributed by atoms with Crippen molar-refractivity contribution in [3.63, 3.8) is 0 Å². The van der Waals surface area contributed by atoms with Crippen molar-refractivity contribution in [1.82, 2.24) is 5.32 Å². The lowest BCUT2D eigenvalue weighted by Gasteiger charge is -2.42. The van der Waals surface area contributed by atoms with Crippen molar-refractivity contribution >= 4 is 0 Å². The lowest BCUT2D eigenvalue weighted by atomic mass is 9.80. The quantitative estimate of drug-likeness (QED) is 0.606. The van der Waals surface area contributed by atoms with E-state index in [1.54, 1.807) is 0 Å². The molecule has 2 atom stereocenters. The second kappa shape index (κ2) is 5.56. The second-order valence-corrected chi connectivity index (χ2v) is 6.67. The first-order chi connectivity index (χ1) is 8.12. The van der Waals surface area contributed by atoms with Crippen LogP contribution in [0.5, 0.6) is 0 Å². The molecular formula is C16H29N. The van der Waals surface area contributed by atoms with Crippen LogP contribution in [0.4, 0.5) is 0 Å². The molecule has 1 heteroatoms. The lowest BCUT2D eigenvalue weighted by Crippen LogP contribution is -2.55. The molecule has 17 heavy (non-hydrogen) atoms. The monoisotopic (exact) mass is 235 g/mol. The van der Waals surface area contributed by atoms with Crippen molar-refractivity contribution in [1.29, 1.82) is 0 Å². The van der Waals surface area contributed by atoms with Crippen molar-refractivity contribution in [3.05, 3.63) is 12.2 Å². The summed E-state index contributed by atoms with van der Waals surface area (Å²) in [6.07, 6.45) is 18.5.